The molecule has 0 amide bonds. The van der Waals surface area contributed by atoms with Gasteiger partial charge in [0.25, 0.3) is 0 Å². The van der Waals surface area contributed by atoms with Crippen molar-refractivity contribution in [3.05, 3.63) is 62.8 Å². The van der Waals surface area contributed by atoms with Gasteiger partial charge in [-0.05, 0) is 55.0 Å². The third-order valence-electron chi connectivity index (χ3n) is 6.10. The van der Waals surface area contributed by atoms with Crippen LogP contribution in [0.2, 0.25) is 0 Å². The number of nitro groups is 1. The maximum absolute atomic E-state index is 11.0. The molecule has 1 aliphatic heterocycles. The molecule has 6 nitrogen and oxygen atoms in total. The van der Waals surface area contributed by atoms with Crippen LogP contribution in [0.1, 0.15) is 43.6 Å². The minimum atomic E-state index is -0.417. The molecule has 2 aliphatic rings. The van der Waals surface area contributed by atoms with Crippen LogP contribution in [0.4, 0.5) is 5.69 Å². The molecule has 0 bridgehead atoms. The van der Waals surface area contributed by atoms with Gasteiger partial charge in [0.15, 0.2) is 5.03 Å². The lowest BCUT2D eigenvalue weighted by Crippen LogP contribution is -2.48. The predicted octanol–water partition coefficient (Wildman–Crippen LogP) is 4.22. The second kappa shape index (κ2) is 8.92. The number of anilines is 1. The number of nitrogens with one attached hydrogen (secondary N) is 1. The lowest BCUT2D eigenvalue weighted by molar-refractivity contribution is -0.551. The Kier molecular flexibility index (Phi) is 6.12. The highest BCUT2D eigenvalue weighted by Crippen LogP contribution is 2.35. The van der Waals surface area contributed by atoms with E-state index in [2.05, 4.69) is 52.1 Å². The van der Waals surface area contributed by atoms with E-state index >= 15 is 0 Å². The topological polar surface area (TPSA) is 67.6 Å². The zero-order valence-corrected chi connectivity index (χ0v) is 16.7. The van der Waals surface area contributed by atoms with Crippen molar-refractivity contribution in [2.24, 2.45) is 0 Å². The fraction of sp³-hybridized carbons (Fsp3) is 0.524. The lowest BCUT2D eigenvalue weighted by atomic mass is 9.83. The quantitative estimate of drug-likeness (QED) is 0.556. The van der Waals surface area contributed by atoms with E-state index in [0.717, 1.165) is 44.3 Å². The standard InChI is InChI=1S/C21H27N3O3S/c25-24(26)22-20-10-12-23(18-11-13-28-15-18)21(20)14-27-19-8-6-17(7-9-19)16-4-2-1-3-5-16/h1-5,11,13,15,17,19-22H,6-10,12,14H2. The number of hydrazine groups is 1. The molecule has 1 aromatic heterocycles. The molecule has 0 spiro atoms. The number of nitrogens with zero attached hydrogens (tertiary/aromatic N) is 2. The molecule has 2 unspecified atom stereocenters. The van der Waals surface area contributed by atoms with Gasteiger partial charge in [-0.25, -0.2) is 10.1 Å². The highest BCUT2D eigenvalue weighted by molar-refractivity contribution is 7.08. The Bertz CT molecular complexity index is 748. The molecule has 150 valence electrons. The van der Waals surface area contributed by atoms with Gasteiger partial charge < -0.3 is 9.64 Å². The molecule has 1 aliphatic carbocycles. The summed E-state index contributed by atoms with van der Waals surface area (Å²) in [5.41, 5.74) is 5.07. The Labute approximate surface area is 169 Å². The minimum absolute atomic E-state index is 0.00755. The maximum atomic E-state index is 11.0. The number of benzene rings is 1. The molecule has 1 aromatic carbocycles. The van der Waals surface area contributed by atoms with Gasteiger partial charge in [-0.15, -0.1) is 5.43 Å². The molecule has 1 N–H and O–H groups in total. The molecule has 4 rings (SSSR count). The minimum Gasteiger partial charge on any atom is -0.376 e. The Morgan fingerprint density at radius 2 is 1.93 bits per heavy atom. The van der Waals surface area contributed by atoms with E-state index in [1.807, 2.05) is 5.38 Å². The van der Waals surface area contributed by atoms with Crippen LogP contribution in [-0.2, 0) is 4.74 Å². The van der Waals surface area contributed by atoms with Crippen LogP contribution in [0.15, 0.2) is 47.2 Å². The number of rotatable bonds is 7. The second-order valence-electron chi connectivity index (χ2n) is 7.74. The molecular weight excluding hydrogens is 374 g/mol. The fourth-order valence-electron chi connectivity index (χ4n) is 4.61. The van der Waals surface area contributed by atoms with Crippen LogP contribution in [0.5, 0.6) is 0 Å². The van der Waals surface area contributed by atoms with Crippen molar-refractivity contribution in [1.29, 1.82) is 0 Å². The molecule has 2 atom stereocenters. The van der Waals surface area contributed by atoms with E-state index in [0.29, 0.717) is 12.5 Å². The van der Waals surface area contributed by atoms with E-state index in [-0.39, 0.29) is 18.2 Å². The first-order chi connectivity index (χ1) is 13.7. The van der Waals surface area contributed by atoms with E-state index in [4.69, 9.17) is 4.74 Å². The Balaban J connectivity index is 1.33. The summed E-state index contributed by atoms with van der Waals surface area (Å²) in [6, 6.07) is 12.6. The molecule has 1 saturated heterocycles. The number of ether oxygens (including phenoxy) is 1. The highest BCUT2D eigenvalue weighted by Gasteiger charge is 2.38. The number of thiophene rings is 1. The zero-order valence-electron chi connectivity index (χ0n) is 15.9. The average molecular weight is 402 g/mol. The van der Waals surface area contributed by atoms with Gasteiger partial charge in [0, 0.05) is 17.6 Å². The third-order valence-corrected chi connectivity index (χ3v) is 6.77. The van der Waals surface area contributed by atoms with Crippen molar-refractivity contribution in [2.45, 2.75) is 56.2 Å². The Hall–Kier alpha value is -2.12. The van der Waals surface area contributed by atoms with Gasteiger partial charge in [-0.1, -0.05) is 30.3 Å². The third kappa shape index (κ3) is 4.47. The highest BCUT2D eigenvalue weighted by atomic mass is 32.1. The van der Waals surface area contributed by atoms with Crippen molar-refractivity contribution >= 4 is 17.0 Å². The molecule has 2 fully saturated rings. The summed E-state index contributed by atoms with van der Waals surface area (Å²) in [7, 11) is 0. The van der Waals surface area contributed by atoms with E-state index in [1.54, 1.807) is 11.3 Å². The molecule has 1 saturated carbocycles. The summed E-state index contributed by atoms with van der Waals surface area (Å²) < 4.78 is 6.29. The van der Waals surface area contributed by atoms with Crippen molar-refractivity contribution in [3.63, 3.8) is 0 Å². The van der Waals surface area contributed by atoms with Crippen molar-refractivity contribution in [1.82, 2.24) is 5.43 Å². The van der Waals surface area contributed by atoms with Crippen molar-refractivity contribution in [3.8, 4) is 0 Å². The fourth-order valence-corrected chi connectivity index (χ4v) is 5.26. The van der Waals surface area contributed by atoms with Crippen LogP contribution in [0.25, 0.3) is 0 Å². The van der Waals surface area contributed by atoms with Crippen LogP contribution >= 0.6 is 11.3 Å². The number of hydrogen-bond acceptors (Lipinski definition) is 5. The van der Waals surface area contributed by atoms with Crippen LogP contribution in [0, 0.1) is 10.1 Å². The SMILES string of the molecule is O=[N+]([O-])NC1CCN(c2ccsc2)C1COC1CCC(c2ccccc2)CC1. The lowest BCUT2D eigenvalue weighted by Gasteiger charge is -2.32. The van der Waals surface area contributed by atoms with E-state index < -0.39 is 5.03 Å². The number of hydrogen-bond donors (Lipinski definition) is 1. The molecule has 7 heteroatoms. The zero-order chi connectivity index (χ0) is 19.3. The monoisotopic (exact) mass is 401 g/mol. The van der Waals surface area contributed by atoms with E-state index in [9.17, 15) is 10.1 Å². The van der Waals surface area contributed by atoms with Gasteiger partial charge in [-0.3, -0.25) is 0 Å². The molecular formula is C21H27N3O3S. The summed E-state index contributed by atoms with van der Waals surface area (Å²) in [5.74, 6) is 0.624. The largest absolute Gasteiger partial charge is 0.376 e. The smallest absolute Gasteiger partial charge is 0.157 e. The van der Waals surface area contributed by atoms with Gasteiger partial charge in [0.05, 0.1) is 18.8 Å². The molecule has 28 heavy (non-hydrogen) atoms. The van der Waals surface area contributed by atoms with Gasteiger partial charge in [0.1, 0.15) is 6.04 Å². The molecule has 2 heterocycles. The Morgan fingerprint density at radius 3 is 2.61 bits per heavy atom. The first-order valence-corrected chi connectivity index (χ1v) is 11.0. The van der Waals surface area contributed by atoms with E-state index in [1.165, 1.54) is 5.56 Å². The summed E-state index contributed by atoms with van der Waals surface area (Å²) in [6.45, 7) is 1.35. The summed E-state index contributed by atoms with van der Waals surface area (Å²) in [4.78, 5) is 13.3. The summed E-state index contributed by atoms with van der Waals surface area (Å²) in [5, 5.41) is 14.7. The molecule has 0 radical (unpaired) electrons. The summed E-state index contributed by atoms with van der Waals surface area (Å²) >= 11 is 1.65. The van der Waals surface area contributed by atoms with Gasteiger partial charge in [-0.2, -0.15) is 11.3 Å². The first kappa shape index (κ1) is 19.2. The van der Waals surface area contributed by atoms with Crippen LogP contribution < -0.4 is 10.3 Å². The molecule has 2 aromatic rings. The summed E-state index contributed by atoms with van der Waals surface area (Å²) in [6.07, 6.45) is 5.40. The van der Waals surface area contributed by atoms with Crippen molar-refractivity contribution < 1.29 is 9.77 Å². The van der Waals surface area contributed by atoms with Crippen LogP contribution in [-0.4, -0.2) is 36.4 Å². The Morgan fingerprint density at radius 1 is 1.14 bits per heavy atom. The first-order valence-electron chi connectivity index (χ1n) is 10.1. The van der Waals surface area contributed by atoms with Gasteiger partial charge in [0.2, 0.25) is 0 Å². The average Bonchev–Trinajstić information content (AvgIpc) is 3.37. The second-order valence-corrected chi connectivity index (χ2v) is 8.52. The maximum Gasteiger partial charge on any atom is 0.157 e. The van der Waals surface area contributed by atoms with Gasteiger partial charge >= 0.3 is 0 Å². The predicted molar refractivity (Wildman–Crippen MR) is 111 cm³/mol. The van der Waals surface area contributed by atoms with Crippen LogP contribution in [0.3, 0.4) is 0 Å². The van der Waals surface area contributed by atoms with Crippen molar-refractivity contribution in [2.75, 3.05) is 18.1 Å². The normalized spacial score (nSPS) is 27.6.